The van der Waals surface area contributed by atoms with E-state index in [1.54, 1.807) is 0 Å². The predicted molar refractivity (Wildman–Crippen MR) is 260 cm³/mol. The molecule has 0 aromatic carbocycles. The SMILES string of the molecule is CC/C=C\C/C=C\C/C=C\C/C=C\C/C=C\CC(=O)OCC(COCCCCCCCC/C=C\C/C=C\CCCCC)OC(=O)CCCCCCCCCCCCCCC. The molecule has 0 heterocycles. The summed E-state index contributed by atoms with van der Waals surface area (Å²) in [6.45, 7) is 7.56. The molecular formula is C55H94O5. The molecule has 0 fully saturated rings. The van der Waals surface area contributed by atoms with E-state index in [9.17, 15) is 9.59 Å². The quantitative estimate of drug-likeness (QED) is 0.0347. The highest BCUT2D eigenvalue weighted by molar-refractivity contribution is 5.71. The van der Waals surface area contributed by atoms with Crippen molar-refractivity contribution in [3.05, 3.63) is 85.1 Å². The van der Waals surface area contributed by atoms with Crippen molar-refractivity contribution in [2.24, 2.45) is 0 Å². The molecule has 0 aliphatic carbocycles. The average molecular weight is 835 g/mol. The molecule has 5 heteroatoms. The van der Waals surface area contributed by atoms with Gasteiger partial charge in [-0.3, -0.25) is 9.59 Å². The number of hydrogen-bond acceptors (Lipinski definition) is 5. The molecule has 0 N–H and O–H groups in total. The van der Waals surface area contributed by atoms with E-state index in [0.29, 0.717) is 13.0 Å². The van der Waals surface area contributed by atoms with Gasteiger partial charge in [0.15, 0.2) is 6.10 Å². The van der Waals surface area contributed by atoms with Crippen LogP contribution in [0.2, 0.25) is 0 Å². The van der Waals surface area contributed by atoms with Crippen molar-refractivity contribution < 1.29 is 23.8 Å². The fraction of sp³-hybridized carbons (Fsp3) is 0.709. The van der Waals surface area contributed by atoms with Crippen molar-refractivity contribution >= 4 is 11.9 Å². The zero-order chi connectivity index (χ0) is 43.5. The molecule has 60 heavy (non-hydrogen) atoms. The Morgan fingerprint density at radius 2 is 0.800 bits per heavy atom. The van der Waals surface area contributed by atoms with Crippen LogP contribution in [0.1, 0.15) is 226 Å². The first-order chi connectivity index (χ1) is 29.6. The number of hydrogen-bond donors (Lipinski definition) is 0. The van der Waals surface area contributed by atoms with Gasteiger partial charge in [-0.15, -0.1) is 0 Å². The Morgan fingerprint density at radius 1 is 0.400 bits per heavy atom. The Kier molecular flexibility index (Phi) is 48.0. The normalized spacial score (nSPS) is 12.9. The maximum Gasteiger partial charge on any atom is 0.309 e. The Hall–Kier alpha value is -2.92. The molecule has 5 nitrogen and oxygen atoms in total. The molecule has 0 aromatic rings. The maximum atomic E-state index is 12.8. The van der Waals surface area contributed by atoms with Crippen LogP contribution in [0, 0.1) is 0 Å². The molecule has 1 atom stereocenters. The molecular weight excluding hydrogens is 741 g/mol. The third-order valence-corrected chi connectivity index (χ3v) is 10.4. The monoisotopic (exact) mass is 835 g/mol. The molecule has 0 rings (SSSR count). The summed E-state index contributed by atoms with van der Waals surface area (Å²) in [5, 5.41) is 0. The minimum Gasteiger partial charge on any atom is -0.461 e. The van der Waals surface area contributed by atoms with E-state index in [2.05, 4.69) is 93.7 Å². The summed E-state index contributed by atoms with van der Waals surface area (Å²) in [6, 6.07) is 0. The second kappa shape index (κ2) is 50.4. The van der Waals surface area contributed by atoms with E-state index in [0.717, 1.165) is 70.6 Å². The highest BCUT2D eigenvalue weighted by Gasteiger charge is 2.17. The van der Waals surface area contributed by atoms with Crippen LogP contribution >= 0.6 is 0 Å². The number of carbonyl (C=O) groups is 2. The van der Waals surface area contributed by atoms with Gasteiger partial charge in [0.1, 0.15) is 6.61 Å². The Morgan fingerprint density at radius 3 is 1.32 bits per heavy atom. The van der Waals surface area contributed by atoms with Gasteiger partial charge in [-0.2, -0.15) is 0 Å². The van der Waals surface area contributed by atoms with E-state index in [1.807, 2.05) is 12.2 Å². The molecule has 0 aliphatic rings. The number of esters is 2. The van der Waals surface area contributed by atoms with Crippen LogP contribution in [0.3, 0.4) is 0 Å². The van der Waals surface area contributed by atoms with Gasteiger partial charge in [-0.05, 0) is 77.0 Å². The molecule has 0 bridgehead atoms. The fourth-order valence-electron chi connectivity index (χ4n) is 6.73. The number of carbonyl (C=O) groups excluding carboxylic acids is 2. The third-order valence-electron chi connectivity index (χ3n) is 10.4. The Balaban J connectivity index is 4.40. The van der Waals surface area contributed by atoms with Gasteiger partial charge in [-0.1, -0.05) is 221 Å². The van der Waals surface area contributed by atoms with Crippen LogP contribution in [0.4, 0.5) is 0 Å². The van der Waals surface area contributed by atoms with E-state index >= 15 is 0 Å². The van der Waals surface area contributed by atoms with Gasteiger partial charge in [0.05, 0.1) is 13.0 Å². The van der Waals surface area contributed by atoms with Crippen LogP contribution in [-0.4, -0.2) is 37.9 Å². The Bertz CT molecular complexity index is 1130. The van der Waals surface area contributed by atoms with Gasteiger partial charge in [0.2, 0.25) is 0 Å². The fourth-order valence-corrected chi connectivity index (χ4v) is 6.73. The highest BCUT2D eigenvalue weighted by atomic mass is 16.6. The van der Waals surface area contributed by atoms with Crippen molar-refractivity contribution in [1.82, 2.24) is 0 Å². The highest BCUT2D eigenvalue weighted by Crippen LogP contribution is 2.14. The van der Waals surface area contributed by atoms with Crippen molar-refractivity contribution in [2.75, 3.05) is 19.8 Å². The lowest BCUT2D eigenvalue weighted by molar-refractivity contribution is -0.162. The first kappa shape index (κ1) is 57.1. The molecule has 0 saturated carbocycles. The van der Waals surface area contributed by atoms with Crippen molar-refractivity contribution in [2.45, 2.75) is 232 Å². The number of allylic oxidation sites excluding steroid dienone is 13. The molecule has 0 saturated heterocycles. The maximum absolute atomic E-state index is 12.8. The summed E-state index contributed by atoms with van der Waals surface area (Å²) >= 11 is 0. The molecule has 1 unspecified atom stereocenters. The smallest absolute Gasteiger partial charge is 0.309 e. The molecule has 0 radical (unpaired) electrons. The van der Waals surface area contributed by atoms with Crippen molar-refractivity contribution in [1.29, 1.82) is 0 Å². The van der Waals surface area contributed by atoms with Crippen LogP contribution in [0.5, 0.6) is 0 Å². The molecule has 0 amide bonds. The zero-order valence-electron chi connectivity index (χ0n) is 39.5. The second-order valence-electron chi connectivity index (χ2n) is 16.4. The van der Waals surface area contributed by atoms with Crippen LogP contribution in [0.15, 0.2) is 85.1 Å². The lowest BCUT2D eigenvalue weighted by Gasteiger charge is -2.18. The molecule has 0 aromatic heterocycles. The van der Waals surface area contributed by atoms with Crippen molar-refractivity contribution in [3.8, 4) is 0 Å². The summed E-state index contributed by atoms with van der Waals surface area (Å²) in [5.41, 5.74) is 0. The van der Waals surface area contributed by atoms with E-state index in [-0.39, 0.29) is 31.6 Å². The predicted octanol–water partition coefficient (Wildman–Crippen LogP) is 16.9. The summed E-state index contributed by atoms with van der Waals surface area (Å²) in [7, 11) is 0. The van der Waals surface area contributed by atoms with Gasteiger partial charge >= 0.3 is 11.9 Å². The Labute approximate surface area is 371 Å². The molecule has 344 valence electrons. The lowest BCUT2D eigenvalue weighted by atomic mass is 10.0. The van der Waals surface area contributed by atoms with Crippen LogP contribution in [-0.2, 0) is 23.8 Å². The summed E-state index contributed by atoms with van der Waals surface area (Å²) < 4.78 is 17.3. The standard InChI is InChI=1S/C55H94O5/c1-4-7-10-13-16-19-22-25-27-29-32-35-38-41-44-47-50-58-51-53(60-55(57)49-46-43-40-37-34-30-24-21-18-15-12-9-6-3)52-59-54(56)48-45-42-39-36-33-31-28-26-23-20-17-14-11-8-5-2/h8,11,16-17,19-20,25-28,33,36,42,45,53H,4-7,9-10,12-15,18,21-24,29-32,34-35,37-41,43-44,46-52H2,1-3H3/b11-8-,19-16-,20-17-,27-25-,28-26-,36-33-,45-42-. The number of ether oxygens (including phenoxy) is 3. The van der Waals surface area contributed by atoms with Gasteiger partial charge in [0, 0.05) is 13.0 Å². The first-order valence-electron chi connectivity index (χ1n) is 25.1. The van der Waals surface area contributed by atoms with E-state index in [4.69, 9.17) is 14.2 Å². The largest absolute Gasteiger partial charge is 0.461 e. The molecule has 0 spiro atoms. The van der Waals surface area contributed by atoms with Crippen LogP contribution in [0.25, 0.3) is 0 Å². The third kappa shape index (κ3) is 47.8. The number of unbranched alkanes of at least 4 members (excludes halogenated alkanes) is 21. The zero-order valence-corrected chi connectivity index (χ0v) is 39.5. The van der Waals surface area contributed by atoms with Crippen LogP contribution < -0.4 is 0 Å². The first-order valence-corrected chi connectivity index (χ1v) is 25.1. The van der Waals surface area contributed by atoms with Gasteiger partial charge < -0.3 is 14.2 Å². The van der Waals surface area contributed by atoms with E-state index in [1.165, 1.54) is 122 Å². The summed E-state index contributed by atoms with van der Waals surface area (Å²) in [6.07, 6.45) is 66.1. The average Bonchev–Trinajstić information content (AvgIpc) is 3.25. The second-order valence-corrected chi connectivity index (χ2v) is 16.4. The minimum atomic E-state index is -0.582. The topological polar surface area (TPSA) is 61.8 Å². The summed E-state index contributed by atoms with van der Waals surface area (Å²) in [4.78, 5) is 25.3. The van der Waals surface area contributed by atoms with E-state index < -0.39 is 6.10 Å². The number of rotatable bonds is 45. The minimum absolute atomic E-state index is 0.0254. The summed E-state index contributed by atoms with van der Waals surface area (Å²) in [5.74, 6) is -0.548. The molecule has 0 aliphatic heterocycles. The van der Waals surface area contributed by atoms with Gasteiger partial charge in [0.25, 0.3) is 0 Å². The lowest BCUT2D eigenvalue weighted by Crippen LogP contribution is -2.30. The van der Waals surface area contributed by atoms with Gasteiger partial charge in [-0.25, -0.2) is 0 Å². The van der Waals surface area contributed by atoms with Crippen molar-refractivity contribution in [3.63, 3.8) is 0 Å².